The quantitative estimate of drug-likeness (QED) is 0.186. The smallest absolute Gasteiger partial charge is 0.343 e. The standard InChI is InChI=1S/C20H16O10/c21-11-5-12(29-8-9-1-14(22)18(26)15(23)2-9)7-13(6-11)30-20(28)10-3-16(24)19(27)17(25)4-10/h1-7,21-27H,8H2. The molecule has 0 bridgehead atoms. The Kier molecular flexibility index (Phi) is 5.32. The van der Waals surface area contributed by atoms with Crippen molar-refractivity contribution in [3.8, 4) is 51.7 Å². The topological polar surface area (TPSA) is 177 Å². The number of rotatable bonds is 5. The van der Waals surface area contributed by atoms with E-state index in [-0.39, 0.29) is 29.4 Å². The predicted molar refractivity (Wildman–Crippen MR) is 100 cm³/mol. The van der Waals surface area contributed by atoms with Crippen molar-refractivity contribution < 1.29 is 50.0 Å². The molecule has 0 spiro atoms. The maximum absolute atomic E-state index is 12.2. The molecule has 0 radical (unpaired) electrons. The molecular formula is C20H16O10. The van der Waals surface area contributed by atoms with Crippen LogP contribution in [0.25, 0.3) is 0 Å². The van der Waals surface area contributed by atoms with Gasteiger partial charge >= 0.3 is 5.97 Å². The number of esters is 1. The van der Waals surface area contributed by atoms with Crippen LogP contribution in [0.4, 0.5) is 0 Å². The molecule has 0 saturated heterocycles. The van der Waals surface area contributed by atoms with Gasteiger partial charge in [0.05, 0.1) is 5.56 Å². The van der Waals surface area contributed by atoms with Crippen LogP contribution in [0.5, 0.6) is 51.7 Å². The first kappa shape index (κ1) is 20.3. The lowest BCUT2D eigenvalue weighted by Gasteiger charge is -2.11. The Morgan fingerprint density at radius 2 is 1.17 bits per heavy atom. The van der Waals surface area contributed by atoms with E-state index in [4.69, 9.17) is 9.47 Å². The first-order valence-corrected chi connectivity index (χ1v) is 8.32. The predicted octanol–water partition coefficient (Wildman–Crippen LogP) is 2.42. The van der Waals surface area contributed by atoms with E-state index >= 15 is 0 Å². The van der Waals surface area contributed by atoms with Gasteiger partial charge in [0.25, 0.3) is 0 Å². The monoisotopic (exact) mass is 416 g/mol. The Bertz CT molecular complexity index is 1080. The van der Waals surface area contributed by atoms with Crippen LogP contribution in [0.15, 0.2) is 42.5 Å². The van der Waals surface area contributed by atoms with Crippen molar-refractivity contribution in [2.75, 3.05) is 0 Å². The number of carbonyl (C=O) groups excluding carboxylic acids is 1. The first-order chi connectivity index (χ1) is 14.1. The van der Waals surface area contributed by atoms with Gasteiger partial charge in [-0.3, -0.25) is 0 Å². The van der Waals surface area contributed by atoms with E-state index in [2.05, 4.69) is 0 Å². The summed E-state index contributed by atoms with van der Waals surface area (Å²) in [6.07, 6.45) is 0. The summed E-state index contributed by atoms with van der Waals surface area (Å²) in [5.41, 5.74) is 0.0448. The Balaban J connectivity index is 1.76. The van der Waals surface area contributed by atoms with E-state index in [1.165, 1.54) is 24.3 Å². The molecular weight excluding hydrogens is 400 g/mol. The van der Waals surface area contributed by atoms with Gasteiger partial charge in [-0.15, -0.1) is 0 Å². The molecule has 0 unspecified atom stereocenters. The van der Waals surface area contributed by atoms with Gasteiger partial charge in [0.2, 0.25) is 0 Å². The normalized spacial score (nSPS) is 10.5. The molecule has 7 N–H and O–H groups in total. The maximum atomic E-state index is 12.2. The van der Waals surface area contributed by atoms with Crippen molar-refractivity contribution in [1.29, 1.82) is 0 Å². The molecule has 3 aromatic rings. The summed E-state index contributed by atoms with van der Waals surface area (Å²) in [6, 6.07) is 7.71. The molecule has 3 rings (SSSR count). The van der Waals surface area contributed by atoms with E-state index in [9.17, 15) is 40.5 Å². The molecule has 156 valence electrons. The Morgan fingerprint density at radius 3 is 1.73 bits per heavy atom. The lowest BCUT2D eigenvalue weighted by molar-refractivity contribution is 0.0733. The zero-order valence-electron chi connectivity index (χ0n) is 15.1. The Hall–Kier alpha value is -4.47. The molecule has 0 aliphatic rings. The summed E-state index contributed by atoms with van der Waals surface area (Å²) in [7, 11) is 0. The third-order valence-electron chi connectivity index (χ3n) is 3.92. The lowest BCUT2D eigenvalue weighted by Crippen LogP contribution is -2.08. The molecule has 0 saturated carbocycles. The zero-order valence-corrected chi connectivity index (χ0v) is 15.1. The van der Waals surface area contributed by atoms with Gasteiger partial charge in [0.15, 0.2) is 34.5 Å². The third kappa shape index (κ3) is 4.33. The minimum Gasteiger partial charge on any atom is -0.508 e. The third-order valence-corrected chi connectivity index (χ3v) is 3.92. The maximum Gasteiger partial charge on any atom is 0.343 e. The average Bonchev–Trinajstić information content (AvgIpc) is 2.67. The van der Waals surface area contributed by atoms with E-state index in [0.717, 1.165) is 18.2 Å². The summed E-state index contributed by atoms with van der Waals surface area (Å²) >= 11 is 0. The van der Waals surface area contributed by atoms with Crippen molar-refractivity contribution in [2.45, 2.75) is 6.61 Å². The van der Waals surface area contributed by atoms with E-state index in [0.29, 0.717) is 5.56 Å². The van der Waals surface area contributed by atoms with Crippen LogP contribution in [-0.2, 0) is 6.61 Å². The summed E-state index contributed by atoms with van der Waals surface area (Å²) < 4.78 is 10.5. The highest BCUT2D eigenvalue weighted by Crippen LogP contribution is 2.37. The number of phenols is 7. The minimum absolute atomic E-state index is 0.0706. The molecule has 10 heteroatoms. The van der Waals surface area contributed by atoms with Crippen molar-refractivity contribution >= 4 is 5.97 Å². The Labute approximate surface area is 168 Å². The fourth-order valence-corrected chi connectivity index (χ4v) is 2.50. The second kappa shape index (κ2) is 7.87. The second-order valence-corrected chi connectivity index (χ2v) is 6.19. The van der Waals surface area contributed by atoms with Crippen molar-refractivity contribution in [3.05, 3.63) is 53.6 Å². The lowest BCUT2D eigenvalue weighted by atomic mass is 10.2. The summed E-state index contributed by atoms with van der Waals surface area (Å²) in [5.74, 6) is -5.33. The van der Waals surface area contributed by atoms with Crippen molar-refractivity contribution in [3.63, 3.8) is 0 Å². The highest BCUT2D eigenvalue weighted by Gasteiger charge is 2.16. The molecule has 0 fully saturated rings. The van der Waals surface area contributed by atoms with Crippen LogP contribution in [0, 0.1) is 0 Å². The van der Waals surface area contributed by atoms with E-state index in [1.807, 2.05) is 0 Å². The Morgan fingerprint density at radius 1 is 0.667 bits per heavy atom. The van der Waals surface area contributed by atoms with Crippen LogP contribution in [0.2, 0.25) is 0 Å². The second-order valence-electron chi connectivity index (χ2n) is 6.19. The minimum atomic E-state index is -0.995. The van der Waals surface area contributed by atoms with Gasteiger partial charge in [0.1, 0.15) is 23.9 Å². The molecule has 0 aliphatic heterocycles. The van der Waals surface area contributed by atoms with Crippen molar-refractivity contribution in [1.82, 2.24) is 0 Å². The zero-order chi connectivity index (χ0) is 22.0. The summed E-state index contributed by atoms with van der Waals surface area (Å²) in [5, 5.41) is 66.5. The highest BCUT2D eigenvalue weighted by atomic mass is 16.5. The van der Waals surface area contributed by atoms with Crippen LogP contribution in [-0.4, -0.2) is 41.7 Å². The molecule has 0 heterocycles. The molecule has 0 atom stereocenters. The number of benzene rings is 3. The molecule has 0 aliphatic carbocycles. The van der Waals surface area contributed by atoms with Crippen LogP contribution in [0.3, 0.4) is 0 Å². The molecule has 10 nitrogen and oxygen atoms in total. The number of hydrogen-bond donors (Lipinski definition) is 7. The van der Waals surface area contributed by atoms with Crippen molar-refractivity contribution in [2.24, 2.45) is 0 Å². The van der Waals surface area contributed by atoms with E-state index < -0.39 is 40.5 Å². The van der Waals surface area contributed by atoms with Gasteiger partial charge in [-0.2, -0.15) is 0 Å². The fraction of sp³-hybridized carbons (Fsp3) is 0.0500. The van der Waals surface area contributed by atoms with E-state index in [1.54, 1.807) is 0 Å². The number of ether oxygens (including phenoxy) is 2. The number of phenolic OH excluding ortho intramolecular Hbond substituents is 7. The molecule has 0 aromatic heterocycles. The van der Waals surface area contributed by atoms with Crippen LogP contribution in [0.1, 0.15) is 15.9 Å². The fourth-order valence-electron chi connectivity index (χ4n) is 2.50. The average molecular weight is 416 g/mol. The summed E-state index contributed by atoms with van der Waals surface area (Å²) in [6.45, 7) is -0.169. The first-order valence-electron chi connectivity index (χ1n) is 8.32. The SMILES string of the molecule is O=C(Oc1cc(O)cc(OCc2cc(O)c(O)c(O)c2)c1)c1cc(O)c(O)c(O)c1. The summed E-state index contributed by atoms with van der Waals surface area (Å²) in [4.78, 5) is 12.2. The van der Waals surface area contributed by atoms with Gasteiger partial charge in [-0.25, -0.2) is 4.79 Å². The molecule has 3 aromatic carbocycles. The van der Waals surface area contributed by atoms with Gasteiger partial charge in [-0.1, -0.05) is 0 Å². The van der Waals surface area contributed by atoms with Crippen LogP contribution >= 0.6 is 0 Å². The largest absolute Gasteiger partial charge is 0.508 e. The highest BCUT2D eigenvalue weighted by molar-refractivity contribution is 5.92. The van der Waals surface area contributed by atoms with Gasteiger partial charge < -0.3 is 45.2 Å². The van der Waals surface area contributed by atoms with Gasteiger partial charge in [-0.05, 0) is 29.8 Å². The molecule has 30 heavy (non-hydrogen) atoms. The van der Waals surface area contributed by atoms with Crippen LogP contribution < -0.4 is 9.47 Å². The number of hydrogen-bond acceptors (Lipinski definition) is 10. The molecule has 0 amide bonds. The van der Waals surface area contributed by atoms with Gasteiger partial charge in [0, 0.05) is 18.2 Å². The number of carbonyl (C=O) groups is 1. The number of aromatic hydroxyl groups is 7.